The van der Waals surface area contributed by atoms with Crippen molar-refractivity contribution in [3.63, 3.8) is 0 Å². The number of sulfonamides is 1. The van der Waals surface area contributed by atoms with Gasteiger partial charge >= 0.3 is 5.97 Å². The molecule has 0 saturated carbocycles. The van der Waals surface area contributed by atoms with Gasteiger partial charge in [0.2, 0.25) is 10.0 Å². The smallest absolute Gasteiger partial charge is 0.338 e. The number of methoxy groups -OCH3 is 1. The minimum absolute atomic E-state index is 0.151. The molecular weight excluding hydrogens is 431 g/mol. The molecule has 1 aliphatic heterocycles. The van der Waals surface area contributed by atoms with Gasteiger partial charge in [0.25, 0.3) is 5.69 Å². The van der Waals surface area contributed by atoms with Gasteiger partial charge in [-0.1, -0.05) is 6.42 Å². The number of carbonyl (C=O) groups excluding carboxylic acids is 1. The van der Waals surface area contributed by atoms with Crippen LogP contribution in [0.15, 0.2) is 41.3 Å². The first-order chi connectivity index (χ1) is 14.7. The van der Waals surface area contributed by atoms with Gasteiger partial charge in [0, 0.05) is 30.8 Å². The molecule has 2 aromatic carbocycles. The highest BCUT2D eigenvalue weighted by Crippen LogP contribution is 2.26. The van der Waals surface area contributed by atoms with Crippen LogP contribution in [0.25, 0.3) is 0 Å². The van der Waals surface area contributed by atoms with Gasteiger partial charge in [-0.3, -0.25) is 10.1 Å². The fourth-order valence-electron chi connectivity index (χ4n) is 3.29. The molecule has 0 unspecified atom stereocenters. The fourth-order valence-corrected chi connectivity index (χ4v) is 4.90. The first-order valence-corrected chi connectivity index (χ1v) is 11.0. The quantitative estimate of drug-likeness (QED) is 0.360. The summed E-state index contributed by atoms with van der Waals surface area (Å²) in [4.78, 5) is 22.3. The molecule has 1 aliphatic rings. The van der Waals surface area contributed by atoms with Crippen LogP contribution in [0.5, 0.6) is 5.75 Å². The van der Waals surface area contributed by atoms with Crippen molar-refractivity contribution in [1.82, 2.24) is 4.31 Å². The Morgan fingerprint density at radius 1 is 1.16 bits per heavy atom. The molecular formula is C20H21FN2O7S. The fraction of sp³-hybridized carbons (Fsp3) is 0.350. The van der Waals surface area contributed by atoms with Crippen molar-refractivity contribution in [2.45, 2.75) is 30.8 Å². The van der Waals surface area contributed by atoms with E-state index in [1.165, 1.54) is 29.6 Å². The van der Waals surface area contributed by atoms with E-state index in [0.29, 0.717) is 25.9 Å². The molecule has 0 atom stereocenters. The van der Waals surface area contributed by atoms with Gasteiger partial charge in [-0.15, -0.1) is 0 Å². The predicted molar refractivity (Wildman–Crippen MR) is 108 cm³/mol. The van der Waals surface area contributed by atoms with Gasteiger partial charge in [-0.25, -0.2) is 17.6 Å². The summed E-state index contributed by atoms with van der Waals surface area (Å²) in [7, 11) is -2.72. The molecule has 0 amide bonds. The summed E-state index contributed by atoms with van der Waals surface area (Å²) in [6, 6.07) is 6.82. The van der Waals surface area contributed by atoms with E-state index in [0.717, 1.165) is 24.6 Å². The van der Waals surface area contributed by atoms with Gasteiger partial charge in [0.1, 0.15) is 23.1 Å². The molecule has 0 N–H and O–H groups in total. The van der Waals surface area contributed by atoms with E-state index in [4.69, 9.17) is 9.47 Å². The zero-order valence-corrected chi connectivity index (χ0v) is 17.6. The number of nitrogens with zero attached hydrogens (tertiary/aromatic N) is 2. The summed E-state index contributed by atoms with van der Waals surface area (Å²) in [6.45, 7) is 0.237. The van der Waals surface area contributed by atoms with Crippen LogP contribution < -0.4 is 4.74 Å². The third-order valence-electron chi connectivity index (χ3n) is 4.93. The number of carbonyl (C=O) groups is 1. The summed E-state index contributed by atoms with van der Waals surface area (Å²) < 4.78 is 51.4. The largest absolute Gasteiger partial charge is 0.496 e. The minimum atomic E-state index is -4.09. The maximum atomic E-state index is 14.3. The van der Waals surface area contributed by atoms with Crippen molar-refractivity contribution >= 4 is 21.7 Å². The number of nitro groups is 1. The van der Waals surface area contributed by atoms with E-state index in [2.05, 4.69) is 0 Å². The number of non-ortho nitro benzene ring substituents is 1. The number of hydrogen-bond acceptors (Lipinski definition) is 7. The maximum absolute atomic E-state index is 14.3. The predicted octanol–water partition coefficient (Wildman–Crippen LogP) is 3.27. The molecule has 1 saturated heterocycles. The first kappa shape index (κ1) is 22.6. The van der Waals surface area contributed by atoms with Gasteiger partial charge in [0.15, 0.2) is 0 Å². The minimum Gasteiger partial charge on any atom is -0.496 e. The summed E-state index contributed by atoms with van der Waals surface area (Å²) in [5.74, 6) is -1.57. The van der Waals surface area contributed by atoms with Crippen LogP contribution in [0.2, 0.25) is 0 Å². The van der Waals surface area contributed by atoms with Crippen molar-refractivity contribution < 1.29 is 32.0 Å². The van der Waals surface area contributed by atoms with Crippen LogP contribution in [-0.4, -0.2) is 43.8 Å². The van der Waals surface area contributed by atoms with Gasteiger partial charge in [-0.05, 0) is 37.1 Å². The van der Waals surface area contributed by atoms with Crippen LogP contribution in [0.1, 0.15) is 35.2 Å². The molecule has 1 heterocycles. The van der Waals surface area contributed by atoms with E-state index in [9.17, 15) is 27.7 Å². The molecule has 166 valence electrons. The number of benzene rings is 2. The van der Waals surface area contributed by atoms with Crippen molar-refractivity contribution in [2.75, 3.05) is 20.2 Å². The second-order valence-corrected chi connectivity index (χ2v) is 8.85. The van der Waals surface area contributed by atoms with Crippen molar-refractivity contribution in [3.8, 4) is 5.75 Å². The number of hydrogen-bond donors (Lipinski definition) is 0. The summed E-state index contributed by atoms with van der Waals surface area (Å²) in [5.41, 5.74) is -0.0988. The van der Waals surface area contributed by atoms with Crippen LogP contribution in [0.3, 0.4) is 0 Å². The third-order valence-corrected chi connectivity index (χ3v) is 6.85. The Morgan fingerprint density at radius 2 is 1.87 bits per heavy atom. The SMILES string of the molecule is COc1ccc([N+](=O)[O-])cc1COC(=O)c1ccc(F)c(S(=O)(=O)N2CCCCC2)c1. The number of halogens is 1. The molecule has 0 radical (unpaired) electrons. The van der Waals surface area contributed by atoms with Crippen molar-refractivity contribution in [1.29, 1.82) is 0 Å². The van der Waals surface area contributed by atoms with Gasteiger partial charge in [0.05, 0.1) is 17.6 Å². The number of esters is 1. The van der Waals surface area contributed by atoms with E-state index >= 15 is 0 Å². The molecule has 2 aromatic rings. The third kappa shape index (κ3) is 5.00. The van der Waals surface area contributed by atoms with Crippen LogP contribution in [0, 0.1) is 15.9 Å². The molecule has 0 spiro atoms. The maximum Gasteiger partial charge on any atom is 0.338 e. The normalized spacial score (nSPS) is 14.8. The summed E-state index contributed by atoms with van der Waals surface area (Å²) in [6.07, 6.45) is 2.28. The number of nitro benzene ring substituents is 1. The lowest BCUT2D eigenvalue weighted by Crippen LogP contribution is -2.36. The van der Waals surface area contributed by atoms with Gasteiger partial charge in [-0.2, -0.15) is 4.31 Å². The zero-order chi connectivity index (χ0) is 22.6. The molecule has 11 heteroatoms. The molecule has 0 bridgehead atoms. The Labute approximate surface area is 178 Å². The average Bonchev–Trinajstić information content (AvgIpc) is 2.77. The Morgan fingerprint density at radius 3 is 2.52 bits per heavy atom. The standard InChI is InChI=1S/C20H21FN2O7S/c1-29-18-8-6-16(23(25)26)11-15(18)13-30-20(24)14-5-7-17(21)19(12-14)31(27,28)22-9-3-2-4-10-22/h5-8,11-12H,2-4,9-10,13H2,1H3. The van der Waals surface area contributed by atoms with E-state index in [-0.39, 0.29) is 29.2 Å². The summed E-state index contributed by atoms with van der Waals surface area (Å²) >= 11 is 0. The van der Waals surface area contributed by atoms with E-state index < -0.39 is 31.6 Å². The Balaban J connectivity index is 1.81. The van der Waals surface area contributed by atoms with Gasteiger partial charge < -0.3 is 9.47 Å². The molecule has 0 aliphatic carbocycles. The molecule has 3 rings (SSSR count). The second-order valence-electron chi connectivity index (χ2n) is 6.94. The highest BCUT2D eigenvalue weighted by Gasteiger charge is 2.29. The zero-order valence-electron chi connectivity index (χ0n) is 16.7. The highest BCUT2D eigenvalue weighted by atomic mass is 32.2. The number of ether oxygens (including phenoxy) is 2. The van der Waals surface area contributed by atoms with Crippen molar-refractivity contribution in [2.24, 2.45) is 0 Å². The highest BCUT2D eigenvalue weighted by molar-refractivity contribution is 7.89. The van der Waals surface area contributed by atoms with Crippen molar-refractivity contribution in [3.05, 3.63) is 63.5 Å². The second kappa shape index (κ2) is 9.40. The lowest BCUT2D eigenvalue weighted by molar-refractivity contribution is -0.385. The van der Waals surface area contributed by atoms with E-state index in [1.807, 2.05) is 0 Å². The van der Waals surface area contributed by atoms with E-state index in [1.54, 1.807) is 0 Å². The Bertz CT molecular complexity index is 1100. The molecule has 9 nitrogen and oxygen atoms in total. The molecule has 31 heavy (non-hydrogen) atoms. The first-order valence-electron chi connectivity index (χ1n) is 9.52. The Kier molecular flexibility index (Phi) is 6.86. The lowest BCUT2D eigenvalue weighted by atomic mass is 10.2. The lowest BCUT2D eigenvalue weighted by Gasteiger charge is -2.26. The molecule has 1 fully saturated rings. The van der Waals surface area contributed by atoms with Crippen LogP contribution >= 0.6 is 0 Å². The number of rotatable bonds is 7. The monoisotopic (exact) mass is 452 g/mol. The van der Waals surface area contributed by atoms with Crippen LogP contribution in [-0.2, 0) is 21.4 Å². The molecule has 0 aromatic heterocycles. The summed E-state index contributed by atoms with van der Waals surface area (Å²) in [5, 5.41) is 11.0. The average molecular weight is 452 g/mol. The van der Waals surface area contributed by atoms with Crippen LogP contribution in [0.4, 0.5) is 10.1 Å². The Hall–Kier alpha value is -3.05. The topological polar surface area (TPSA) is 116 Å². The number of piperidine rings is 1.